The molecular formula is C66H94Cl2F2N6O8Si2. The van der Waals surface area contributed by atoms with E-state index >= 15 is 0 Å². The molecule has 20 heteroatoms. The molecule has 472 valence electrons. The number of benzene rings is 4. The van der Waals surface area contributed by atoms with E-state index in [0.29, 0.717) is 95.2 Å². The van der Waals surface area contributed by atoms with E-state index in [2.05, 4.69) is 39.3 Å². The maximum Gasteiger partial charge on any atom is 0.410 e. The molecule has 2 aliphatic rings. The van der Waals surface area contributed by atoms with Crippen molar-refractivity contribution in [2.24, 2.45) is 0 Å². The van der Waals surface area contributed by atoms with Crippen LogP contribution in [0.5, 0.6) is 0 Å². The Morgan fingerprint density at radius 3 is 1.41 bits per heavy atom. The first-order valence-corrected chi connectivity index (χ1v) is 38.5. The summed E-state index contributed by atoms with van der Waals surface area (Å²) >= 11 is 13.2. The Kier molecular flexibility index (Phi) is 22.5. The molecule has 0 radical (unpaired) electrons. The molecule has 4 aromatic carbocycles. The van der Waals surface area contributed by atoms with Gasteiger partial charge in [0, 0.05) is 104 Å². The van der Waals surface area contributed by atoms with Crippen LogP contribution in [0.15, 0.2) is 72.8 Å². The van der Waals surface area contributed by atoms with Crippen molar-refractivity contribution in [3.05, 3.63) is 128 Å². The van der Waals surface area contributed by atoms with Gasteiger partial charge in [0.1, 0.15) is 36.3 Å². The number of halogens is 4. The maximum atomic E-state index is 13.9. The van der Waals surface area contributed by atoms with Gasteiger partial charge < -0.3 is 38.2 Å². The monoisotopic (exact) mass is 1260 g/mol. The molecule has 6 aromatic rings. The van der Waals surface area contributed by atoms with E-state index in [1.54, 1.807) is 9.80 Å². The fourth-order valence-electron chi connectivity index (χ4n) is 11.0. The molecule has 8 rings (SSSR count). The summed E-state index contributed by atoms with van der Waals surface area (Å²) in [7, 11) is -2.39. The maximum absolute atomic E-state index is 13.9. The van der Waals surface area contributed by atoms with Crippen molar-refractivity contribution in [1.82, 2.24) is 29.4 Å². The molecule has 0 bridgehead atoms. The number of piperidine rings is 2. The zero-order valence-electron chi connectivity index (χ0n) is 53.9. The number of ether oxygens (including phenoxy) is 6. The predicted molar refractivity (Wildman–Crippen MR) is 346 cm³/mol. The highest BCUT2D eigenvalue weighted by Crippen LogP contribution is 2.42. The first-order chi connectivity index (χ1) is 40.1. The third-order valence-electron chi connectivity index (χ3n) is 16.3. The summed E-state index contributed by atoms with van der Waals surface area (Å²) in [4.78, 5) is 29.0. The van der Waals surface area contributed by atoms with Gasteiger partial charge in [0.25, 0.3) is 0 Å². The average molecular weight is 1260 g/mol. The Morgan fingerprint density at radius 2 is 0.988 bits per heavy atom. The summed E-state index contributed by atoms with van der Waals surface area (Å²) in [6, 6.07) is 23.2. The van der Waals surface area contributed by atoms with Crippen molar-refractivity contribution in [2.45, 2.75) is 194 Å². The van der Waals surface area contributed by atoms with E-state index in [-0.39, 0.29) is 36.0 Å². The van der Waals surface area contributed by atoms with Crippen LogP contribution in [0.1, 0.15) is 127 Å². The van der Waals surface area contributed by atoms with Gasteiger partial charge in [0.2, 0.25) is 0 Å². The topological polar surface area (TPSA) is 132 Å². The smallest absolute Gasteiger partial charge is 0.410 e. The number of carbonyl (C=O) groups is 2. The number of fused-ring (bicyclic) bond motifs is 2. The fraction of sp³-hybridized carbons (Fsp3) is 0.576. The fourth-order valence-corrected chi connectivity index (χ4v) is 13.0. The zero-order chi connectivity index (χ0) is 63.2. The van der Waals surface area contributed by atoms with E-state index in [0.717, 1.165) is 74.1 Å². The van der Waals surface area contributed by atoms with Gasteiger partial charge in [-0.05, 0) is 167 Å². The number of carbonyl (C=O) groups excluding carboxylic acids is 2. The second-order valence-corrected chi connectivity index (χ2v) is 40.2. The summed E-state index contributed by atoms with van der Waals surface area (Å²) in [6.45, 7) is 38.3. The Hall–Kier alpha value is -4.93. The molecule has 0 spiro atoms. The lowest BCUT2D eigenvalue weighted by molar-refractivity contribution is -0.00966. The Bertz CT molecular complexity index is 3240. The van der Waals surface area contributed by atoms with Gasteiger partial charge in [-0.3, -0.25) is 0 Å². The minimum atomic E-state index is -1.21. The molecule has 4 heterocycles. The molecule has 0 unspecified atom stereocenters. The third-order valence-corrected chi connectivity index (χ3v) is 20.1. The number of amides is 2. The van der Waals surface area contributed by atoms with Crippen LogP contribution in [-0.2, 0) is 52.7 Å². The van der Waals surface area contributed by atoms with Crippen LogP contribution in [0.25, 0.3) is 21.8 Å². The van der Waals surface area contributed by atoms with Crippen molar-refractivity contribution in [3.8, 4) is 0 Å². The molecule has 2 amide bonds. The number of rotatable bonds is 20. The number of nitrogens with zero attached hydrogens (tertiary/aromatic N) is 6. The average Bonchev–Trinajstić information content (AvgIpc) is 1.51. The van der Waals surface area contributed by atoms with Crippen molar-refractivity contribution < 1.29 is 46.8 Å². The van der Waals surface area contributed by atoms with Crippen LogP contribution in [0, 0.1) is 25.5 Å². The number of likely N-dealkylation sites (tertiary alicyclic amines) is 2. The molecule has 0 saturated carbocycles. The molecular weight excluding hydrogens is 1170 g/mol. The van der Waals surface area contributed by atoms with Crippen molar-refractivity contribution in [2.75, 3.05) is 52.6 Å². The lowest BCUT2D eigenvalue weighted by Gasteiger charge is -2.42. The number of hydrogen-bond acceptors (Lipinski definition) is 10. The van der Waals surface area contributed by atoms with Crippen LogP contribution in [0.4, 0.5) is 18.4 Å². The first kappa shape index (κ1) is 68.6. The lowest BCUT2D eigenvalue weighted by Crippen LogP contribution is -2.48. The minimum Gasteiger partial charge on any atom is -0.444 e. The SMILES string of the molecule is Cc1c2cc(Cl)cc([C@@H](C)OCC3(c4ccc(F)cc4)CCN(C(=O)OC(C)(C)C)CC3)c2nn1COCC[Si](C)(C)C.Cc1nn(COCC[Si](C)(C)C)c2c([C@@H](C)OCC3(c4ccc(F)cc4)CCN(C(=O)OC(C)(C)C)CC3)cc(Cl)cc12. The second kappa shape index (κ2) is 28.3. The van der Waals surface area contributed by atoms with Gasteiger partial charge in [-0.2, -0.15) is 10.2 Å². The highest BCUT2D eigenvalue weighted by Gasteiger charge is 2.41. The molecule has 0 aliphatic carbocycles. The van der Waals surface area contributed by atoms with E-state index < -0.39 is 38.2 Å². The second-order valence-electron chi connectivity index (χ2n) is 28.1. The van der Waals surface area contributed by atoms with Gasteiger partial charge in [0.05, 0.1) is 42.1 Å². The highest BCUT2D eigenvalue weighted by molar-refractivity contribution is 6.76. The summed E-state index contributed by atoms with van der Waals surface area (Å²) < 4.78 is 68.2. The first-order valence-electron chi connectivity index (χ1n) is 30.3. The molecule has 2 aromatic heterocycles. The zero-order valence-corrected chi connectivity index (χ0v) is 57.4. The standard InChI is InChI=1S/2C33H47ClFN3O4Si/c1-23-28-19-26(34)20-29(30(28)36-38(23)22-40-17-18-43(6,7)8)24(2)41-21-33(25-9-11-27(35)12-10-25)13-15-37(16-14-33)31(39)42-32(3,4)5;1-23-28-19-26(34)20-29(30(28)38(36-23)22-40-17-18-43(6,7)8)24(2)41-21-33(25-9-11-27(35)12-10-25)13-15-37(16-14-33)31(39)42-32(3,4)5/h2*9-12,19-20,24H,13-18,21-22H2,1-8H3/t2*24-/m11/s1. The highest BCUT2D eigenvalue weighted by atomic mass is 35.5. The van der Waals surface area contributed by atoms with Gasteiger partial charge in [-0.15, -0.1) is 0 Å². The van der Waals surface area contributed by atoms with Crippen LogP contribution in [0.3, 0.4) is 0 Å². The number of hydrogen-bond donors (Lipinski definition) is 0. The van der Waals surface area contributed by atoms with Crippen LogP contribution in [-0.4, -0.2) is 122 Å². The molecule has 2 aliphatic heterocycles. The molecule has 2 atom stereocenters. The molecule has 86 heavy (non-hydrogen) atoms. The van der Waals surface area contributed by atoms with Gasteiger partial charge >= 0.3 is 12.2 Å². The third kappa shape index (κ3) is 18.6. The largest absolute Gasteiger partial charge is 0.444 e. The van der Waals surface area contributed by atoms with E-state index in [1.165, 1.54) is 24.3 Å². The summed E-state index contributed by atoms with van der Waals surface area (Å²) in [6.07, 6.45) is 1.42. The summed E-state index contributed by atoms with van der Waals surface area (Å²) in [5.41, 5.74) is 5.62. The van der Waals surface area contributed by atoms with E-state index in [1.807, 2.05) is 127 Å². The van der Waals surface area contributed by atoms with Gasteiger partial charge in [0.15, 0.2) is 0 Å². The predicted octanol–water partition coefficient (Wildman–Crippen LogP) is 17.0. The summed E-state index contributed by atoms with van der Waals surface area (Å²) in [5, 5.41) is 12.9. The summed E-state index contributed by atoms with van der Waals surface area (Å²) in [5.74, 6) is -0.562. The number of aryl methyl sites for hydroxylation is 2. The van der Waals surface area contributed by atoms with Crippen molar-refractivity contribution in [1.29, 1.82) is 0 Å². The molecule has 2 saturated heterocycles. The van der Waals surface area contributed by atoms with Gasteiger partial charge in [-0.25, -0.2) is 27.7 Å². The Morgan fingerprint density at radius 1 is 0.593 bits per heavy atom. The minimum absolute atomic E-state index is 0.281. The lowest BCUT2D eigenvalue weighted by atomic mass is 9.73. The Balaban J connectivity index is 0.000000246. The quantitative estimate of drug-likeness (QED) is 0.0538. The van der Waals surface area contributed by atoms with Crippen LogP contribution in [0.2, 0.25) is 61.4 Å². The molecule has 14 nitrogen and oxygen atoms in total. The Labute approximate surface area is 521 Å². The number of aromatic nitrogens is 4. The van der Waals surface area contributed by atoms with E-state index in [4.69, 9.17) is 61.8 Å². The van der Waals surface area contributed by atoms with Crippen molar-refractivity contribution >= 4 is 73.3 Å². The van der Waals surface area contributed by atoms with Crippen LogP contribution >= 0.6 is 23.2 Å². The van der Waals surface area contributed by atoms with Gasteiger partial charge in [-0.1, -0.05) is 86.7 Å². The van der Waals surface area contributed by atoms with Crippen molar-refractivity contribution in [3.63, 3.8) is 0 Å². The molecule has 0 N–H and O–H groups in total. The van der Waals surface area contributed by atoms with E-state index in [9.17, 15) is 18.4 Å². The normalized spacial score (nSPS) is 16.5. The van der Waals surface area contributed by atoms with Crippen LogP contribution < -0.4 is 0 Å². The molecule has 2 fully saturated rings.